The van der Waals surface area contributed by atoms with E-state index in [1.165, 1.54) is 6.92 Å². The average molecular weight is 329 g/mol. The minimum Gasteiger partial charge on any atom is -0.391 e. The zero-order chi connectivity index (χ0) is 16.7. The summed E-state index contributed by atoms with van der Waals surface area (Å²) in [5, 5.41) is 9.51. The molecule has 0 aromatic carbocycles. The highest BCUT2D eigenvalue weighted by atomic mass is 32.2. The summed E-state index contributed by atoms with van der Waals surface area (Å²) in [6.45, 7) is 9.10. The highest BCUT2D eigenvalue weighted by molar-refractivity contribution is 8.00. The van der Waals surface area contributed by atoms with Crippen LogP contribution in [0.2, 0.25) is 0 Å². The number of nitrogens with two attached hydrogens (primary N) is 1. The Balaban J connectivity index is 2.13. The van der Waals surface area contributed by atoms with Gasteiger partial charge in [-0.1, -0.05) is 20.8 Å². The minimum absolute atomic E-state index is 0.131. The van der Waals surface area contributed by atoms with E-state index in [0.717, 1.165) is 18.7 Å². The van der Waals surface area contributed by atoms with E-state index in [1.54, 1.807) is 16.7 Å². The number of likely N-dealkylation sites (tertiary alicyclic amines) is 1. The fraction of sp³-hybridized carbons (Fsp3) is 0.867. The molecule has 3 N–H and O–H groups in total. The molecule has 2 heterocycles. The number of thioether (sulfide) groups is 1. The van der Waals surface area contributed by atoms with Gasteiger partial charge < -0.3 is 20.6 Å². The molecule has 2 aliphatic heterocycles. The molecule has 1 spiro atoms. The Bertz CT molecular complexity index is 463. The van der Waals surface area contributed by atoms with Crippen LogP contribution in [0.3, 0.4) is 0 Å². The van der Waals surface area contributed by atoms with Gasteiger partial charge in [0.1, 0.15) is 10.9 Å². The Labute approximate surface area is 136 Å². The second kappa shape index (κ2) is 6.02. The van der Waals surface area contributed by atoms with Crippen LogP contribution < -0.4 is 5.73 Å². The van der Waals surface area contributed by atoms with Crippen molar-refractivity contribution in [1.82, 2.24) is 9.80 Å². The monoisotopic (exact) mass is 329 g/mol. The molecule has 0 aromatic rings. The van der Waals surface area contributed by atoms with Crippen LogP contribution >= 0.6 is 11.8 Å². The number of carbonyl (C=O) groups excluding carboxylic acids is 2. The molecule has 3 atom stereocenters. The van der Waals surface area contributed by atoms with E-state index >= 15 is 0 Å². The van der Waals surface area contributed by atoms with E-state index in [4.69, 9.17) is 5.73 Å². The first kappa shape index (κ1) is 17.6. The second-order valence-electron chi connectivity index (χ2n) is 7.28. The van der Waals surface area contributed by atoms with E-state index in [9.17, 15) is 14.7 Å². The van der Waals surface area contributed by atoms with Gasteiger partial charge in [-0.05, 0) is 13.3 Å². The van der Waals surface area contributed by atoms with E-state index in [2.05, 4.69) is 0 Å². The van der Waals surface area contributed by atoms with Crippen molar-refractivity contribution in [3.05, 3.63) is 0 Å². The van der Waals surface area contributed by atoms with Crippen molar-refractivity contribution in [1.29, 1.82) is 0 Å². The maximum Gasteiger partial charge on any atom is 0.242 e. The Morgan fingerprint density at radius 1 is 1.32 bits per heavy atom. The van der Waals surface area contributed by atoms with Crippen LogP contribution in [-0.2, 0) is 9.59 Å². The van der Waals surface area contributed by atoms with Gasteiger partial charge >= 0.3 is 0 Å². The number of hydrogen-bond donors (Lipinski definition) is 2. The lowest BCUT2D eigenvalue weighted by atomic mass is 9.93. The zero-order valence-electron chi connectivity index (χ0n) is 13.8. The van der Waals surface area contributed by atoms with Crippen molar-refractivity contribution in [2.24, 2.45) is 11.1 Å². The molecule has 2 rings (SSSR count). The maximum atomic E-state index is 12.7. The number of hydrogen-bond acceptors (Lipinski definition) is 5. The number of rotatable bonds is 2. The molecule has 22 heavy (non-hydrogen) atoms. The van der Waals surface area contributed by atoms with E-state index in [1.807, 2.05) is 25.7 Å². The Kier molecular flexibility index (Phi) is 4.80. The molecule has 2 amide bonds. The van der Waals surface area contributed by atoms with Gasteiger partial charge in [-0.2, -0.15) is 0 Å². The van der Waals surface area contributed by atoms with Gasteiger partial charge in [0, 0.05) is 24.3 Å². The van der Waals surface area contributed by atoms with Crippen LogP contribution in [0.5, 0.6) is 0 Å². The van der Waals surface area contributed by atoms with Gasteiger partial charge in [0.2, 0.25) is 11.8 Å². The fourth-order valence-corrected chi connectivity index (χ4v) is 4.48. The summed E-state index contributed by atoms with van der Waals surface area (Å²) < 4.78 is 0. The van der Waals surface area contributed by atoms with Crippen molar-refractivity contribution in [2.75, 3.05) is 25.4 Å². The van der Waals surface area contributed by atoms with Crippen molar-refractivity contribution in [3.63, 3.8) is 0 Å². The van der Waals surface area contributed by atoms with Crippen LogP contribution in [0.1, 0.15) is 34.1 Å². The quantitative estimate of drug-likeness (QED) is 0.758. The third kappa shape index (κ3) is 3.12. The molecule has 0 radical (unpaired) electrons. The number of aliphatic hydroxyl groups is 1. The standard InChI is InChI=1S/C15H27N3O3S/c1-10(19)11(16)12(20)17-6-5-15(9-17)18(7-8-22-15)13(21)14(2,3)4/h10-11,19H,5-9,16H2,1-4H3/t10-,11+,15?/m1/s1. The van der Waals surface area contributed by atoms with Crippen LogP contribution in [-0.4, -0.2) is 69.1 Å². The lowest BCUT2D eigenvalue weighted by molar-refractivity contribution is -0.142. The van der Waals surface area contributed by atoms with Gasteiger partial charge in [0.05, 0.1) is 12.6 Å². The fourth-order valence-electron chi connectivity index (χ4n) is 3.01. The smallest absolute Gasteiger partial charge is 0.242 e. The lowest BCUT2D eigenvalue weighted by Crippen LogP contribution is -2.53. The molecule has 0 saturated carbocycles. The maximum absolute atomic E-state index is 12.7. The normalized spacial score (nSPS) is 28.3. The third-order valence-electron chi connectivity index (χ3n) is 4.39. The molecule has 2 fully saturated rings. The molecule has 126 valence electrons. The topological polar surface area (TPSA) is 86.9 Å². The second-order valence-corrected chi connectivity index (χ2v) is 8.73. The largest absolute Gasteiger partial charge is 0.391 e. The Morgan fingerprint density at radius 3 is 2.50 bits per heavy atom. The van der Waals surface area contributed by atoms with Crippen molar-refractivity contribution < 1.29 is 14.7 Å². The molecule has 0 aromatic heterocycles. The number of nitrogens with zero attached hydrogens (tertiary/aromatic N) is 2. The number of carbonyl (C=O) groups is 2. The van der Waals surface area contributed by atoms with Crippen LogP contribution in [0.25, 0.3) is 0 Å². The zero-order valence-corrected chi connectivity index (χ0v) is 14.7. The van der Waals surface area contributed by atoms with Gasteiger partial charge in [-0.15, -0.1) is 11.8 Å². The van der Waals surface area contributed by atoms with Crippen LogP contribution in [0.4, 0.5) is 0 Å². The van der Waals surface area contributed by atoms with E-state index in [0.29, 0.717) is 13.1 Å². The first-order valence-electron chi connectivity index (χ1n) is 7.77. The molecular formula is C15H27N3O3S. The van der Waals surface area contributed by atoms with Crippen LogP contribution in [0, 0.1) is 5.41 Å². The number of aliphatic hydroxyl groups excluding tert-OH is 1. The van der Waals surface area contributed by atoms with Gasteiger partial charge in [-0.25, -0.2) is 0 Å². The van der Waals surface area contributed by atoms with Crippen molar-refractivity contribution in [3.8, 4) is 0 Å². The predicted octanol–water partition coefficient (Wildman–Crippen LogP) is 0.245. The summed E-state index contributed by atoms with van der Waals surface area (Å²) >= 11 is 1.75. The molecule has 6 nitrogen and oxygen atoms in total. The first-order valence-corrected chi connectivity index (χ1v) is 8.75. The summed E-state index contributed by atoms with van der Waals surface area (Å²) in [5.41, 5.74) is 5.34. The SMILES string of the molecule is C[C@@H](O)[C@H](N)C(=O)N1CCC2(C1)SCCN2C(=O)C(C)(C)C. The molecular weight excluding hydrogens is 302 g/mol. The lowest BCUT2D eigenvalue weighted by Gasteiger charge is -2.38. The molecule has 2 saturated heterocycles. The highest BCUT2D eigenvalue weighted by Crippen LogP contribution is 2.44. The summed E-state index contributed by atoms with van der Waals surface area (Å²) in [6.07, 6.45) is -0.106. The predicted molar refractivity (Wildman–Crippen MR) is 87.2 cm³/mol. The molecule has 0 bridgehead atoms. The molecule has 7 heteroatoms. The van der Waals surface area contributed by atoms with E-state index in [-0.39, 0.29) is 16.7 Å². The molecule has 1 unspecified atom stereocenters. The molecule has 2 aliphatic rings. The van der Waals surface area contributed by atoms with Crippen molar-refractivity contribution >= 4 is 23.6 Å². The van der Waals surface area contributed by atoms with E-state index < -0.39 is 17.6 Å². The molecule has 0 aliphatic carbocycles. The summed E-state index contributed by atoms with van der Waals surface area (Å²) in [7, 11) is 0. The average Bonchev–Trinajstić information content (AvgIpc) is 3.03. The minimum atomic E-state index is -0.895. The Hall–Kier alpha value is -0.790. The Morgan fingerprint density at radius 2 is 1.95 bits per heavy atom. The highest BCUT2D eigenvalue weighted by Gasteiger charge is 2.52. The van der Waals surface area contributed by atoms with Crippen molar-refractivity contribution in [2.45, 2.75) is 51.1 Å². The van der Waals surface area contributed by atoms with Gasteiger partial charge in [0.25, 0.3) is 0 Å². The van der Waals surface area contributed by atoms with Crippen LogP contribution in [0.15, 0.2) is 0 Å². The summed E-state index contributed by atoms with van der Waals surface area (Å²) in [5.74, 6) is 0.793. The third-order valence-corrected chi connectivity index (χ3v) is 5.87. The summed E-state index contributed by atoms with van der Waals surface area (Å²) in [6, 6.07) is -0.895. The first-order chi connectivity index (χ1) is 10.1. The van der Waals surface area contributed by atoms with Gasteiger partial charge in [-0.3, -0.25) is 9.59 Å². The van der Waals surface area contributed by atoms with Gasteiger partial charge in [0.15, 0.2) is 0 Å². The number of amides is 2. The summed E-state index contributed by atoms with van der Waals surface area (Å²) in [4.78, 5) is 28.3.